The van der Waals surface area contributed by atoms with Gasteiger partial charge in [-0.2, -0.15) is 0 Å². The predicted molar refractivity (Wildman–Crippen MR) is 50.2 cm³/mol. The SMILES string of the molecule is O=C(O)C1(C(=O)O)NCc2ccccc21. The first-order chi connectivity index (χ1) is 7.09. The smallest absolute Gasteiger partial charge is 0.340 e. The highest BCUT2D eigenvalue weighted by Gasteiger charge is 2.52. The third-order valence-corrected chi connectivity index (χ3v) is 2.61. The van der Waals surface area contributed by atoms with Crippen LogP contribution in [0.5, 0.6) is 0 Å². The van der Waals surface area contributed by atoms with Crippen molar-refractivity contribution in [3.8, 4) is 0 Å². The minimum atomic E-state index is -1.99. The number of fused-ring (bicyclic) bond motifs is 1. The van der Waals surface area contributed by atoms with Crippen LogP contribution in [-0.4, -0.2) is 22.2 Å². The van der Waals surface area contributed by atoms with Gasteiger partial charge in [-0.25, -0.2) is 9.59 Å². The first-order valence-electron chi connectivity index (χ1n) is 4.39. The Balaban J connectivity index is 2.64. The van der Waals surface area contributed by atoms with Gasteiger partial charge in [-0.3, -0.25) is 5.32 Å². The summed E-state index contributed by atoms with van der Waals surface area (Å²) in [6.45, 7) is 0.259. The predicted octanol–water partition coefficient (Wildman–Crippen LogP) is 0.154. The quantitative estimate of drug-likeness (QED) is 0.601. The summed E-state index contributed by atoms with van der Waals surface area (Å²) in [6, 6.07) is 6.63. The fourth-order valence-electron chi connectivity index (χ4n) is 1.84. The number of carbonyl (C=O) groups is 2. The zero-order valence-corrected chi connectivity index (χ0v) is 7.73. The molecule has 0 fully saturated rings. The Morgan fingerprint density at radius 2 is 1.80 bits per heavy atom. The molecule has 0 aliphatic carbocycles. The Bertz CT molecular complexity index is 427. The lowest BCUT2D eigenvalue weighted by molar-refractivity contribution is -0.159. The number of aliphatic carboxylic acids is 2. The topological polar surface area (TPSA) is 86.6 Å². The maximum absolute atomic E-state index is 11.1. The molecular weight excluding hydrogens is 198 g/mol. The number of carboxylic acid groups (broad SMARTS) is 2. The lowest BCUT2D eigenvalue weighted by Crippen LogP contribution is -2.51. The highest BCUT2D eigenvalue weighted by Crippen LogP contribution is 2.31. The Morgan fingerprint density at radius 3 is 2.40 bits per heavy atom. The van der Waals surface area contributed by atoms with E-state index in [0.29, 0.717) is 11.1 Å². The third-order valence-electron chi connectivity index (χ3n) is 2.61. The Hall–Kier alpha value is -1.88. The van der Waals surface area contributed by atoms with Gasteiger partial charge in [0, 0.05) is 6.54 Å². The van der Waals surface area contributed by atoms with Crippen molar-refractivity contribution in [3.05, 3.63) is 35.4 Å². The summed E-state index contributed by atoms with van der Waals surface area (Å²) in [5.74, 6) is -2.78. The molecule has 1 aliphatic rings. The lowest BCUT2D eigenvalue weighted by Gasteiger charge is -2.20. The monoisotopic (exact) mass is 207 g/mol. The van der Waals surface area contributed by atoms with Crippen molar-refractivity contribution in [2.45, 2.75) is 12.1 Å². The molecule has 1 aromatic rings. The Kier molecular flexibility index (Phi) is 1.97. The van der Waals surface area contributed by atoms with Crippen LogP contribution >= 0.6 is 0 Å². The van der Waals surface area contributed by atoms with E-state index in [0.717, 1.165) is 0 Å². The fraction of sp³-hybridized carbons (Fsp3) is 0.200. The van der Waals surface area contributed by atoms with Gasteiger partial charge in [-0.05, 0) is 11.1 Å². The summed E-state index contributed by atoms with van der Waals surface area (Å²) in [7, 11) is 0. The number of hydrogen-bond donors (Lipinski definition) is 3. The molecular formula is C10H9NO4. The Morgan fingerprint density at radius 1 is 1.20 bits per heavy atom. The van der Waals surface area contributed by atoms with E-state index in [9.17, 15) is 9.59 Å². The van der Waals surface area contributed by atoms with Crippen LogP contribution in [0.1, 0.15) is 11.1 Å². The van der Waals surface area contributed by atoms with Gasteiger partial charge < -0.3 is 10.2 Å². The second-order valence-electron chi connectivity index (χ2n) is 3.37. The van der Waals surface area contributed by atoms with Crippen LogP contribution in [0.4, 0.5) is 0 Å². The Labute approximate surface area is 85.3 Å². The van der Waals surface area contributed by atoms with Gasteiger partial charge in [0.25, 0.3) is 0 Å². The molecule has 78 valence electrons. The normalized spacial score (nSPS) is 17.1. The van der Waals surface area contributed by atoms with E-state index in [1.54, 1.807) is 18.2 Å². The zero-order chi connectivity index (χ0) is 11.1. The first-order valence-corrected chi connectivity index (χ1v) is 4.39. The van der Waals surface area contributed by atoms with Crippen molar-refractivity contribution in [2.24, 2.45) is 0 Å². The molecule has 5 nitrogen and oxygen atoms in total. The van der Waals surface area contributed by atoms with E-state index < -0.39 is 17.5 Å². The number of hydrogen-bond acceptors (Lipinski definition) is 3. The molecule has 0 aromatic heterocycles. The van der Waals surface area contributed by atoms with Crippen molar-refractivity contribution in [2.75, 3.05) is 0 Å². The molecule has 0 unspecified atom stereocenters. The maximum atomic E-state index is 11.1. The minimum absolute atomic E-state index is 0.259. The van der Waals surface area contributed by atoms with Crippen LogP contribution in [-0.2, 0) is 21.7 Å². The van der Waals surface area contributed by atoms with Gasteiger partial charge >= 0.3 is 11.9 Å². The van der Waals surface area contributed by atoms with Crippen molar-refractivity contribution in [1.29, 1.82) is 0 Å². The van der Waals surface area contributed by atoms with E-state index in [-0.39, 0.29) is 6.54 Å². The molecule has 15 heavy (non-hydrogen) atoms. The van der Waals surface area contributed by atoms with Crippen molar-refractivity contribution in [1.82, 2.24) is 5.32 Å². The van der Waals surface area contributed by atoms with Crippen LogP contribution in [0, 0.1) is 0 Å². The minimum Gasteiger partial charge on any atom is -0.479 e. The summed E-state index contributed by atoms with van der Waals surface area (Å²) < 4.78 is 0. The largest absolute Gasteiger partial charge is 0.479 e. The van der Waals surface area contributed by atoms with Gasteiger partial charge in [0.15, 0.2) is 0 Å². The second kappa shape index (κ2) is 3.06. The molecule has 0 spiro atoms. The van der Waals surface area contributed by atoms with E-state index in [4.69, 9.17) is 10.2 Å². The number of rotatable bonds is 2. The van der Waals surface area contributed by atoms with E-state index in [1.165, 1.54) is 6.07 Å². The summed E-state index contributed by atoms with van der Waals surface area (Å²) in [4.78, 5) is 22.2. The van der Waals surface area contributed by atoms with Gasteiger partial charge in [0.2, 0.25) is 5.54 Å². The fourth-order valence-corrected chi connectivity index (χ4v) is 1.84. The molecule has 0 radical (unpaired) electrons. The van der Waals surface area contributed by atoms with Crippen molar-refractivity contribution >= 4 is 11.9 Å². The average Bonchev–Trinajstić information content (AvgIpc) is 2.57. The molecule has 0 bridgehead atoms. The molecule has 1 heterocycles. The second-order valence-corrected chi connectivity index (χ2v) is 3.37. The maximum Gasteiger partial charge on any atom is 0.340 e. The standard InChI is InChI=1S/C10H9NO4/c12-8(13)10(9(14)15)7-4-2-1-3-6(7)5-11-10/h1-4,11H,5H2,(H,12,13)(H,14,15). The van der Waals surface area contributed by atoms with Crippen molar-refractivity contribution in [3.63, 3.8) is 0 Å². The first kappa shape index (κ1) is 9.67. The number of nitrogens with one attached hydrogen (secondary N) is 1. The molecule has 3 N–H and O–H groups in total. The zero-order valence-electron chi connectivity index (χ0n) is 7.73. The van der Waals surface area contributed by atoms with Crippen LogP contribution < -0.4 is 5.32 Å². The molecule has 1 aliphatic heterocycles. The summed E-state index contributed by atoms with van der Waals surface area (Å²) >= 11 is 0. The number of benzene rings is 1. The van der Waals surface area contributed by atoms with E-state index >= 15 is 0 Å². The van der Waals surface area contributed by atoms with Crippen LogP contribution in [0.15, 0.2) is 24.3 Å². The van der Waals surface area contributed by atoms with Crippen LogP contribution in [0.25, 0.3) is 0 Å². The van der Waals surface area contributed by atoms with Crippen LogP contribution in [0.3, 0.4) is 0 Å². The lowest BCUT2D eigenvalue weighted by atomic mass is 9.91. The average molecular weight is 207 g/mol. The highest BCUT2D eigenvalue weighted by molar-refractivity contribution is 6.05. The molecule has 0 saturated heterocycles. The molecule has 2 rings (SSSR count). The van der Waals surface area contributed by atoms with Gasteiger partial charge in [-0.15, -0.1) is 0 Å². The third kappa shape index (κ3) is 1.13. The highest BCUT2D eigenvalue weighted by atomic mass is 16.4. The molecule has 0 saturated carbocycles. The van der Waals surface area contributed by atoms with Gasteiger partial charge in [-0.1, -0.05) is 24.3 Å². The summed E-state index contributed by atoms with van der Waals surface area (Å²) in [6.07, 6.45) is 0. The van der Waals surface area contributed by atoms with E-state index in [1.807, 2.05) is 0 Å². The van der Waals surface area contributed by atoms with Crippen LogP contribution in [0.2, 0.25) is 0 Å². The van der Waals surface area contributed by atoms with Gasteiger partial charge in [0.1, 0.15) is 0 Å². The number of carboxylic acids is 2. The molecule has 5 heteroatoms. The van der Waals surface area contributed by atoms with Gasteiger partial charge in [0.05, 0.1) is 0 Å². The summed E-state index contributed by atoms with van der Waals surface area (Å²) in [5, 5.41) is 20.6. The summed E-state index contributed by atoms with van der Waals surface area (Å²) in [5.41, 5.74) is -0.969. The van der Waals surface area contributed by atoms with Crippen molar-refractivity contribution < 1.29 is 19.8 Å². The molecule has 0 atom stereocenters. The molecule has 1 aromatic carbocycles. The molecule has 0 amide bonds. The van der Waals surface area contributed by atoms with E-state index in [2.05, 4.69) is 5.32 Å².